The van der Waals surface area contributed by atoms with Crippen LogP contribution in [0, 0.1) is 19.8 Å². The molecule has 20 heavy (non-hydrogen) atoms. The zero-order valence-electron chi connectivity index (χ0n) is 12.4. The molecule has 0 radical (unpaired) electrons. The molecule has 3 rings (SSSR count). The van der Waals surface area contributed by atoms with Crippen LogP contribution in [0.5, 0.6) is 0 Å². The topological polar surface area (TPSA) is 46.8 Å². The maximum Gasteiger partial charge on any atom is 0.132 e. The van der Waals surface area contributed by atoms with Crippen LogP contribution in [-0.4, -0.2) is 32.6 Å². The van der Waals surface area contributed by atoms with Gasteiger partial charge in [0, 0.05) is 56.1 Å². The molecule has 3 heterocycles. The van der Waals surface area contributed by atoms with Gasteiger partial charge < -0.3 is 9.47 Å². The molecule has 0 spiro atoms. The lowest BCUT2D eigenvalue weighted by Crippen LogP contribution is -2.49. The van der Waals surface area contributed by atoms with Crippen molar-refractivity contribution in [3.63, 3.8) is 0 Å². The number of rotatable bonds is 4. The lowest BCUT2D eigenvalue weighted by Gasteiger charge is -2.40. The van der Waals surface area contributed by atoms with Crippen molar-refractivity contribution in [3.05, 3.63) is 35.8 Å². The monoisotopic (exact) mass is 271 g/mol. The Morgan fingerprint density at radius 2 is 2.05 bits per heavy atom. The largest absolute Gasteiger partial charge is 0.356 e. The molecule has 0 unspecified atom stereocenters. The minimum atomic E-state index is 0.685. The molecule has 0 atom stereocenters. The van der Waals surface area contributed by atoms with E-state index in [1.807, 2.05) is 20.0 Å². The molecule has 1 saturated heterocycles. The molecule has 0 aliphatic carbocycles. The van der Waals surface area contributed by atoms with Crippen molar-refractivity contribution in [2.75, 3.05) is 18.0 Å². The number of nitrogens with zero attached hydrogens (tertiary/aromatic N) is 5. The molecule has 1 aliphatic heterocycles. The highest BCUT2D eigenvalue weighted by molar-refractivity contribution is 5.42. The van der Waals surface area contributed by atoms with Crippen molar-refractivity contribution < 1.29 is 0 Å². The SMILES string of the molecule is CCc1nccn1CC1CN(c2cc(C)nc(C)n2)C1. The summed E-state index contributed by atoms with van der Waals surface area (Å²) in [7, 11) is 0. The number of imidazole rings is 1. The van der Waals surface area contributed by atoms with Gasteiger partial charge in [-0.2, -0.15) is 0 Å². The third-order valence-electron chi connectivity index (χ3n) is 3.81. The number of hydrogen-bond acceptors (Lipinski definition) is 4. The summed E-state index contributed by atoms with van der Waals surface area (Å²) >= 11 is 0. The summed E-state index contributed by atoms with van der Waals surface area (Å²) in [6, 6.07) is 2.07. The Bertz CT molecular complexity index is 578. The smallest absolute Gasteiger partial charge is 0.132 e. The first-order chi connectivity index (χ1) is 9.65. The Kier molecular flexibility index (Phi) is 3.42. The maximum absolute atomic E-state index is 4.52. The second-order valence-electron chi connectivity index (χ2n) is 5.54. The molecule has 5 nitrogen and oxygen atoms in total. The third kappa shape index (κ3) is 2.53. The second-order valence-corrected chi connectivity index (χ2v) is 5.54. The van der Waals surface area contributed by atoms with Gasteiger partial charge in [-0.25, -0.2) is 15.0 Å². The molecule has 0 saturated carbocycles. The van der Waals surface area contributed by atoms with Crippen molar-refractivity contribution in [2.24, 2.45) is 5.92 Å². The van der Waals surface area contributed by atoms with Crippen LogP contribution >= 0.6 is 0 Å². The van der Waals surface area contributed by atoms with Crippen LogP contribution in [0.2, 0.25) is 0 Å². The Labute approximate surface area is 119 Å². The highest BCUT2D eigenvalue weighted by atomic mass is 15.3. The second kappa shape index (κ2) is 5.23. The minimum absolute atomic E-state index is 0.685. The van der Waals surface area contributed by atoms with Gasteiger partial charge in [0.2, 0.25) is 0 Å². The summed E-state index contributed by atoms with van der Waals surface area (Å²) in [6.45, 7) is 9.32. The van der Waals surface area contributed by atoms with E-state index in [-0.39, 0.29) is 0 Å². The standard InChI is InChI=1S/C15H21N5/c1-4-14-16-5-6-19(14)8-13-9-20(10-13)15-7-11(2)17-12(3)18-15/h5-7,13H,4,8-10H2,1-3H3. The van der Waals surface area contributed by atoms with E-state index < -0.39 is 0 Å². The molecule has 0 amide bonds. The van der Waals surface area contributed by atoms with Crippen molar-refractivity contribution >= 4 is 5.82 Å². The lowest BCUT2D eigenvalue weighted by molar-refractivity contribution is 0.350. The van der Waals surface area contributed by atoms with Gasteiger partial charge in [-0.3, -0.25) is 0 Å². The van der Waals surface area contributed by atoms with E-state index in [0.717, 1.165) is 43.4 Å². The van der Waals surface area contributed by atoms with E-state index in [1.165, 1.54) is 5.82 Å². The zero-order chi connectivity index (χ0) is 14.1. The van der Waals surface area contributed by atoms with Gasteiger partial charge in [0.15, 0.2) is 0 Å². The molecule has 2 aromatic heterocycles. The van der Waals surface area contributed by atoms with Crippen LogP contribution in [0.4, 0.5) is 5.82 Å². The predicted octanol–water partition coefficient (Wildman–Crippen LogP) is 1.99. The molecule has 1 fully saturated rings. The number of aryl methyl sites for hydroxylation is 3. The fraction of sp³-hybridized carbons (Fsp3) is 0.533. The summed E-state index contributed by atoms with van der Waals surface area (Å²) in [5.41, 5.74) is 1.04. The van der Waals surface area contributed by atoms with Gasteiger partial charge in [0.1, 0.15) is 17.5 Å². The average molecular weight is 271 g/mol. The zero-order valence-corrected chi connectivity index (χ0v) is 12.4. The third-order valence-corrected chi connectivity index (χ3v) is 3.81. The van der Waals surface area contributed by atoms with Gasteiger partial charge in [-0.05, 0) is 13.8 Å². The van der Waals surface area contributed by atoms with Crippen molar-refractivity contribution in [3.8, 4) is 0 Å². The highest BCUT2D eigenvalue weighted by Gasteiger charge is 2.28. The van der Waals surface area contributed by atoms with Gasteiger partial charge in [0.05, 0.1) is 0 Å². The highest BCUT2D eigenvalue weighted by Crippen LogP contribution is 2.24. The summed E-state index contributed by atoms with van der Waals surface area (Å²) in [4.78, 5) is 15.5. The molecule has 5 heteroatoms. The van der Waals surface area contributed by atoms with E-state index in [4.69, 9.17) is 0 Å². The first-order valence-corrected chi connectivity index (χ1v) is 7.23. The Balaban J connectivity index is 1.61. The van der Waals surface area contributed by atoms with Crippen molar-refractivity contribution in [2.45, 2.75) is 33.7 Å². The van der Waals surface area contributed by atoms with Crippen LogP contribution in [0.15, 0.2) is 18.5 Å². The summed E-state index contributed by atoms with van der Waals surface area (Å²) in [6.07, 6.45) is 4.97. The van der Waals surface area contributed by atoms with Crippen LogP contribution < -0.4 is 4.90 Å². The molecule has 0 bridgehead atoms. The van der Waals surface area contributed by atoms with Gasteiger partial charge in [-0.15, -0.1) is 0 Å². The Morgan fingerprint density at radius 1 is 1.25 bits per heavy atom. The molecular weight excluding hydrogens is 250 g/mol. The molecule has 0 aromatic carbocycles. The van der Waals surface area contributed by atoms with E-state index >= 15 is 0 Å². The molecule has 0 N–H and O–H groups in total. The molecule has 1 aliphatic rings. The van der Waals surface area contributed by atoms with Crippen LogP contribution in [0.1, 0.15) is 24.3 Å². The first kappa shape index (κ1) is 13.1. The van der Waals surface area contributed by atoms with Gasteiger partial charge in [0.25, 0.3) is 0 Å². The summed E-state index contributed by atoms with van der Waals surface area (Å²) in [5.74, 6) is 3.78. The predicted molar refractivity (Wildman–Crippen MR) is 78.8 cm³/mol. The Hall–Kier alpha value is -1.91. The molecular formula is C15H21N5. The normalized spacial score (nSPS) is 15.4. The van der Waals surface area contributed by atoms with Gasteiger partial charge in [-0.1, -0.05) is 6.92 Å². The average Bonchev–Trinajstić information content (AvgIpc) is 2.79. The molecule has 106 valence electrons. The van der Waals surface area contributed by atoms with Crippen LogP contribution in [0.25, 0.3) is 0 Å². The summed E-state index contributed by atoms with van der Waals surface area (Å²) < 4.78 is 2.28. The van der Waals surface area contributed by atoms with E-state index in [2.05, 4.69) is 43.6 Å². The van der Waals surface area contributed by atoms with Crippen LogP contribution in [-0.2, 0) is 13.0 Å². The maximum atomic E-state index is 4.52. The fourth-order valence-corrected chi connectivity index (χ4v) is 2.83. The first-order valence-electron chi connectivity index (χ1n) is 7.23. The summed E-state index contributed by atoms with van der Waals surface area (Å²) in [5, 5.41) is 0. The fourth-order valence-electron chi connectivity index (χ4n) is 2.83. The van der Waals surface area contributed by atoms with Crippen LogP contribution in [0.3, 0.4) is 0 Å². The number of hydrogen-bond donors (Lipinski definition) is 0. The minimum Gasteiger partial charge on any atom is -0.356 e. The quantitative estimate of drug-likeness (QED) is 0.853. The number of aromatic nitrogens is 4. The van der Waals surface area contributed by atoms with E-state index in [9.17, 15) is 0 Å². The Morgan fingerprint density at radius 3 is 2.75 bits per heavy atom. The van der Waals surface area contributed by atoms with Crippen molar-refractivity contribution in [1.29, 1.82) is 0 Å². The van der Waals surface area contributed by atoms with Gasteiger partial charge >= 0.3 is 0 Å². The van der Waals surface area contributed by atoms with E-state index in [0.29, 0.717) is 5.92 Å². The lowest BCUT2D eigenvalue weighted by atomic mass is 10.00. The molecule has 2 aromatic rings. The van der Waals surface area contributed by atoms with Crippen molar-refractivity contribution in [1.82, 2.24) is 19.5 Å². The van der Waals surface area contributed by atoms with E-state index in [1.54, 1.807) is 0 Å². The number of anilines is 1.